The van der Waals surface area contributed by atoms with Crippen LogP contribution >= 0.6 is 0 Å². The van der Waals surface area contributed by atoms with E-state index in [1.165, 1.54) is 0 Å². The first-order chi connectivity index (χ1) is 17.4. The quantitative estimate of drug-likeness (QED) is 0.323. The van der Waals surface area contributed by atoms with Gasteiger partial charge in [-0.2, -0.15) is 0 Å². The lowest BCUT2D eigenvalue weighted by Gasteiger charge is -2.65. The predicted molar refractivity (Wildman–Crippen MR) is 133 cm³/mol. The largest absolute Gasteiger partial charge is 0.462 e. The van der Waals surface area contributed by atoms with Gasteiger partial charge in [0.05, 0.1) is 17.8 Å². The number of ether oxygens (including phenoxy) is 3. The minimum absolute atomic E-state index is 0.0716. The van der Waals surface area contributed by atoms with Crippen molar-refractivity contribution in [2.45, 2.75) is 121 Å². The Morgan fingerprint density at radius 1 is 0.946 bits per heavy atom. The van der Waals surface area contributed by atoms with Crippen molar-refractivity contribution in [1.82, 2.24) is 0 Å². The summed E-state index contributed by atoms with van der Waals surface area (Å²) < 4.78 is 17.4. The lowest BCUT2D eigenvalue weighted by atomic mass is 9.42. The molecule has 4 aliphatic carbocycles. The molecule has 0 bridgehead atoms. The van der Waals surface area contributed by atoms with Gasteiger partial charge in [0.2, 0.25) is 0 Å². The highest BCUT2D eigenvalue weighted by Gasteiger charge is 2.71. The average Bonchev–Trinajstić information content (AvgIpc) is 3.10. The molecule has 0 radical (unpaired) electrons. The van der Waals surface area contributed by atoms with Crippen molar-refractivity contribution >= 4 is 5.97 Å². The number of hydrogen-bond acceptors (Lipinski definition) is 8. The summed E-state index contributed by atoms with van der Waals surface area (Å²) in [4.78, 5) is 11.8. The summed E-state index contributed by atoms with van der Waals surface area (Å²) in [7, 11) is 0. The van der Waals surface area contributed by atoms with Gasteiger partial charge in [-0.3, -0.25) is 0 Å². The highest BCUT2D eigenvalue weighted by Crippen LogP contribution is 2.72. The first-order valence-corrected chi connectivity index (χ1v) is 14.4. The van der Waals surface area contributed by atoms with Gasteiger partial charge in [-0.15, -0.1) is 0 Å². The molecule has 4 N–H and O–H groups in total. The summed E-state index contributed by atoms with van der Waals surface area (Å²) in [6.45, 7) is 6.70. The molecule has 13 atom stereocenters. The van der Waals surface area contributed by atoms with E-state index in [1.54, 1.807) is 13.0 Å². The predicted octanol–water partition coefficient (Wildman–Crippen LogP) is 2.46. The van der Waals surface area contributed by atoms with Gasteiger partial charge < -0.3 is 34.6 Å². The topological polar surface area (TPSA) is 126 Å². The first-order valence-electron chi connectivity index (χ1n) is 14.4. The molecule has 8 nitrogen and oxygen atoms in total. The smallest absolute Gasteiger partial charge is 0.330 e. The molecule has 0 aromatic heterocycles. The van der Waals surface area contributed by atoms with E-state index in [2.05, 4.69) is 13.8 Å². The molecule has 4 saturated carbocycles. The summed E-state index contributed by atoms with van der Waals surface area (Å²) in [5, 5.41) is 43.1. The zero-order chi connectivity index (χ0) is 26.4. The molecule has 8 heteroatoms. The van der Waals surface area contributed by atoms with Crippen LogP contribution in [-0.2, 0) is 19.0 Å². The van der Waals surface area contributed by atoms with Gasteiger partial charge in [-0.05, 0) is 87.9 Å². The molecule has 6 aliphatic rings. The fourth-order valence-corrected chi connectivity index (χ4v) is 9.82. The first kappa shape index (κ1) is 26.2. The fraction of sp³-hybridized carbons (Fsp3) is 0.897. The molecular formula is C29H44O8. The molecule has 208 valence electrons. The van der Waals surface area contributed by atoms with Crippen LogP contribution in [0, 0.1) is 34.0 Å². The maximum atomic E-state index is 12.4. The van der Waals surface area contributed by atoms with E-state index in [4.69, 9.17) is 14.2 Å². The van der Waals surface area contributed by atoms with Crippen molar-refractivity contribution in [2.24, 2.45) is 34.0 Å². The standard InChI is InChI=1S/C29H44O8/c1-16-22(31)23(32)24(33)25(36-16)37-18-6-9-26(2)17(14-18)4-5-20-19(26)7-10-27(3)28(12-13-29(20,27)34)11-8-21(30)35-15-28/h8,11,16-20,22-25,31-34H,4-7,9-10,12-15H2,1-3H3. The average molecular weight is 521 g/mol. The Morgan fingerprint density at radius 2 is 1.73 bits per heavy atom. The van der Waals surface area contributed by atoms with Crippen LogP contribution in [0.25, 0.3) is 0 Å². The van der Waals surface area contributed by atoms with Crippen LogP contribution in [-0.4, -0.2) is 75.4 Å². The maximum absolute atomic E-state index is 12.4. The number of carbonyl (C=O) groups excluding carboxylic acids is 1. The van der Waals surface area contributed by atoms with E-state index in [9.17, 15) is 25.2 Å². The fourth-order valence-electron chi connectivity index (χ4n) is 9.82. The molecular weight excluding hydrogens is 476 g/mol. The van der Waals surface area contributed by atoms with Gasteiger partial charge in [0.25, 0.3) is 0 Å². The molecule has 6 rings (SSSR count). The van der Waals surface area contributed by atoms with Crippen molar-refractivity contribution < 1.29 is 39.4 Å². The third-order valence-corrected chi connectivity index (χ3v) is 12.4. The highest BCUT2D eigenvalue weighted by molar-refractivity contribution is 5.83. The van der Waals surface area contributed by atoms with Crippen LogP contribution in [0.3, 0.4) is 0 Å². The summed E-state index contributed by atoms with van der Waals surface area (Å²) in [6.07, 6.45) is 6.61. The summed E-state index contributed by atoms with van der Waals surface area (Å²) in [6, 6.07) is 0. The van der Waals surface area contributed by atoms with E-state index in [1.807, 2.05) is 6.08 Å². The minimum atomic E-state index is -1.28. The molecule has 0 aromatic carbocycles. The van der Waals surface area contributed by atoms with E-state index < -0.39 is 36.3 Å². The lowest BCUT2D eigenvalue weighted by molar-refractivity contribution is -0.310. The third-order valence-electron chi connectivity index (χ3n) is 12.4. The number of carbonyl (C=O) groups is 1. The zero-order valence-corrected chi connectivity index (χ0v) is 22.3. The summed E-state index contributed by atoms with van der Waals surface area (Å²) in [5.41, 5.74) is -1.24. The summed E-state index contributed by atoms with van der Waals surface area (Å²) in [5.74, 6) is 0.845. The van der Waals surface area contributed by atoms with Crippen LogP contribution in [0.15, 0.2) is 12.2 Å². The van der Waals surface area contributed by atoms with Crippen molar-refractivity contribution in [2.75, 3.05) is 6.61 Å². The Morgan fingerprint density at radius 3 is 2.46 bits per heavy atom. The molecule has 5 fully saturated rings. The highest BCUT2D eigenvalue weighted by atomic mass is 16.7. The Bertz CT molecular complexity index is 954. The molecule has 0 amide bonds. The molecule has 1 saturated heterocycles. The lowest BCUT2D eigenvalue weighted by Crippen LogP contribution is -2.64. The second-order valence-electron chi connectivity index (χ2n) is 13.6. The van der Waals surface area contributed by atoms with Crippen molar-refractivity contribution in [3.8, 4) is 0 Å². The van der Waals surface area contributed by atoms with Crippen LogP contribution < -0.4 is 0 Å². The molecule has 37 heavy (non-hydrogen) atoms. The van der Waals surface area contributed by atoms with E-state index in [-0.39, 0.29) is 34.2 Å². The normalized spacial score (nSPS) is 57.4. The number of rotatable bonds is 2. The maximum Gasteiger partial charge on any atom is 0.330 e. The van der Waals surface area contributed by atoms with Gasteiger partial charge in [0.15, 0.2) is 6.29 Å². The molecule has 2 heterocycles. The molecule has 2 aliphatic heterocycles. The number of aliphatic hydroxyl groups excluding tert-OH is 3. The van der Waals surface area contributed by atoms with Crippen molar-refractivity contribution in [3.05, 3.63) is 12.2 Å². The van der Waals surface area contributed by atoms with E-state index in [0.717, 1.165) is 57.8 Å². The Kier molecular flexibility index (Phi) is 6.19. The van der Waals surface area contributed by atoms with Crippen molar-refractivity contribution in [1.29, 1.82) is 0 Å². The van der Waals surface area contributed by atoms with Gasteiger partial charge in [-0.25, -0.2) is 4.79 Å². The Labute approximate surface area is 219 Å². The van der Waals surface area contributed by atoms with E-state index in [0.29, 0.717) is 18.4 Å². The molecule has 1 spiro atoms. The van der Waals surface area contributed by atoms with Gasteiger partial charge >= 0.3 is 5.97 Å². The van der Waals surface area contributed by atoms with Crippen LogP contribution in [0.1, 0.15) is 78.6 Å². The molecule has 0 aromatic rings. The monoisotopic (exact) mass is 520 g/mol. The Balaban J connectivity index is 1.18. The van der Waals surface area contributed by atoms with Crippen LogP contribution in [0.5, 0.6) is 0 Å². The number of hydrogen-bond donors (Lipinski definition) is 4. The van der Waals surface area contributed by atoms with Gasteiger partial charge in [0.1, 0.15) is 24.9 Å². The third kappa shape index (κ3) is 3.59. The van der Waals surface area contributed by atoms with Crippen LogP contribution in [0.2, 0.25) is 0 Å². The number of aliphatic hydroxyl groups is 4. The van der Waals surface area contributed by atoms with E-state index >= 15 is 0 Å². The van der Waals surface area contributed by atoms with Crippen molar-refractivity contribution in [3.63, 3.8) is 0 Å². The number of esters is 1. The van der Waals surface area contributed by atoms with Crippen LogP contribution in [0.4, 0.5) is 0 Å². The second kappa shape index (κ2) is 8.73. The zero-order valence-electron chi connectivity index (χ0n) is 22.3. The second-order valence-corrected chi connectivity index (χ2v) is 13.6. The number of fused-ring (bicyclic) bond motifs is 6. The van der Waals surface area contributed by atoms with Gasteiger partial charge in [0, 0.05) is 16.9 Å². The Hall–Kier alpha value is -1.03. The van der Waals surface area contributed by atoms with Gasteiger partial charge in [-0.1, -0.05) is 19.9 Å². The minimum Gasteiger partial charge on any atom is -0.462 e. The SMILES string of the molecule is CC1OC(OC2CCC3(C)C(CCC4C3CCC3(C)C5(C=CC(=O)OC5)CCC43O)C2)C(O)C(O)C1O. The molecule has 13 unspecified atom stereocenters. The number of cyclic esters (lactones) is 1. The summed E-state index contributed by atoms with van der Waals surface area (Å²) >= 11 is 0.